The number of aromatic nitrogens is 1. The fraction of sp³-hybridized carbons (Fsp3) is 0.0714. The first-order valence-electron chi connectivity index (χ1n) is 5.43. The molecule has 0 unspecified atom stereocenters. The standard InChI is InChI=1S/C14H11N3O/c1-10-8-12(6-7-16-10)14(18)17-13-4-2-11(9-15)3-5-13/h2-8H,1H3,(H,17,18). The Labute approximate surface area is 105 Å². The van der Waals surface area contributed by atoms with Crippen LogP contribution in [0.5, 0.6) is 0 Å². The van der Waals surface area contributed by atoms with Crippen LogP contribution in [0.4, 0.5) is 5.69 Å². The number of amides is 1. The van der Waals surface area contributed by atoms with E-state index in [4.69, 9.17) is 5.26 Å². The summed E-state index contributed by atoms with van der Waals surface area (Å²) in [5.41, 5.74) is 2.58. The summed E-state index contributed by atoms with van der Waals surface area (Å²) in [5, 5.41) is 11.4. The largest absolute Gasteiger partial charge is 0.322 e. The number of nitrogens with zero attached hydrogens (tertiary/aromatic N) is 2. The predicted molar refractivity (Wildman–Crippen MR) is 68.1 cm³/mol. The lowest BCUT2D eigenvalue weighted by molar-refractivity contribution is 0.102. The summed E-state index contributed by atoms with van der Waals surface area (Å²) >= 11 is 0. The summed E-state index contributed by atoms with van der Waals surface area (Å²) in [6.45, 7) is 1.83. The van der Waals surface area contributed by atoms with Crippen LogP contribution in [0, 0.1) is 18.3 Å². The number of nitriles is 1. The van der Waals surface area contributed by atoms with Crippen molar-refractivity contribution in [2.75, 3.05) is 5.32 Å². The van der Waals surface area contributed by atoms with Gasteiger partial charge in [-0.1, -0.05) is 0 Å². The first-order chi connectivity index (χ1) is 8.69. The molecule has 4 nitrogen and oxygen atoms in total. The second-order valence-electron chi connectivity index (χ2n) is 3.83. The van der Waals surface area contributed by atoms with Gasteiger partial charge in [0.1, 0.15) is 0 Å². The first-order valence-corrected chi connectivity index (χ1v) is 5.43. The van der Waals surface area contributed by atoms with Crippen LogP contribution in [0.25, 0.3) is 0 Å². The van der Waals surface area contributed by atoms with Gasteiger partial charge < -0.3 is 5.32 Å². The highest BCUT2D eigenvalue weighted by molar-refractivity contribution is 6.04. The lowest BCUT2D eigenvalue weighted by atomic mass is 10.2. The van der Waals surface area contributed by atoms with Gasteiger partial charge in [-0.25, -0.2) is 0 Å². The molecule has 0 saturated carbocycles. The van der Waals surface area contributed by atoms with Gasteiger partial charge >= 0.3 is 0 Å². The molecule has 1 heterocycles. The van der Waals surface area contributed by atoms with E-state index in [9.17, 15) is 4.79 Å². The monoisotopic (exact) mass is 237 g/mol. The van der Waals surface area contributed by atoms with Crippen LogP contribution in [-0.2, 0) is 0 Å². The zero-order valence-corrected chi connectivity index (χ0v) is 9.84. The molecule has 0 radical (unpaired) electrons. The molecule has 0 atom stereocenters. The van der Waals surface area contributed by atoms with Crippen LogP contribution in [-0.4, -0.2) is 10.9 Å². The quantitative estimate of drug-likeness (QED) is 0.872. The van der Waals surface area contributed by atoms with Crippen LogP contribution in [0.3, 0.4) is 0 Å². The lowest BCUT2D eigenvalue weighted by Crippen LogP contribution is -2.12. The number of carbonyl (C=O) groups excluding carboxylic acids is 1. The molecule has 4 heteroatoms. The third-order valence-corrected chi connectivity index (χ3v) is 2.43. The molecular formula is C14H11N3O. The van der Waals surface area contributed by atoms with E-state index in [-0.39, 0.29) is 5.91 Å². The van der Waals surface area contributed by atoms with Crippen LogP contribution in [0.15, 0.2) is 42.6 Å². The third-order valence-electron chi connectivity index (χ3n) is 2.43. The van der Waals surface area contributed by atoms with Gasteiger partial charge in [0, 0.05) is 23.1 Å². The van der Waals surface area contributed by atoms with E-state index in [1.54, 1.807) is 42.6 Å². The molecule has 1 N–H and O–H groups in total. The Morgan fingerprint density at radius 1 is 1.28 bits per heavy atom. The molecule has 2 aromatic rings. The minimum Gasteiger partial charge on any atom is -0.322 e. The maximum atomic E-state index is 11.9. The van der Waals surface area contributed by atoms with Crippen molar-refractivity contribution in [3.63, 3.8) is 0 Å². The summed E-state index contributed by atoms with van der Waals surface area (Å²) < 4.78 is 0. The van der Waals surface area contributed by atoms with Gasteiger partial charge in [0.2, 0.25) is 0 Å². The molecule has 0 aliphatic carbocycles. The van der Waals surface area contributed by atoms with E-state index in [2.05, 4.69) is 10.3 Å². The summed E-state index contributed by atoms with van der Waals surface area (Å²) in [6, 6.07) is 12.1. The maximum Gasteiger partial charge on any atom is 0.255 e. The Hall–Kier alpha value is -2.67. The number of hydrogen-bond donors (Lipinski definition) is 1. The zero-order valence-electron chi connectivity index (χ0n) is 9.84. The van der Waals surface area contributed by atoms with Gasteiger partial charge in [-0.15, -0.1) is 0 Å². The average Bonchev–Trinajstić information content (AvgIpc) is 2.39. The number of nitrogens with one attached hydrogen (secondary N) is 1. The Morgan fingerprint density at radius 2 is 2.00 bits per heavy atom. The topological polar surface area (TPSA) is 65.8 Å². The maximum absolute atomic E-state index is 11.9. The van der Waals surface area contributed by atoms with Gasteiger partial charge in [0.15, 0.2) is 0 Å². The molecule has 1 amide bonds. The second kappa shape index (κ2) is 5.11. The highest BCUT2D eigenvalue weighted by atomic mass is 16.1. The summed E-state index contributed by atoms with van der Waals surface area (Å²) in [7, 11) is 0. The van der Waals surface area contributed by atoms with Crippen molar-refractivity contribution in [3.05, 3.63) is 59.4 Å². The van der Waals surface area contributed by atoms with E-state index < -0.39 is 0 Å². The first kappa shape index (κ1) is 11.8. The number of hydrogen-bond acceptors (Lipinski definition) is 3. The van der Waals surface area contributed by atoms with Crippen molar-refractivity contribution in [3.8, 4) is 6.07 Å². The highest BCUT2D eigenvalue weighted by Crippen LogP contribution is 2.11. The number of aryl methyl sites for hydroxylation is 1. The minimum atomic E-state index is -0.190. The SMILES string of the molecule is Cc1cc(C(=O)Nc2ccc(C#N)cc2)ccn1. The molecule has 1 aromatic carbocycles. The van der Waals surface area contributed by atoms with E-state index in [1.807, 2.05) is 13.0 Å². The fourth-order valence-electron chi connectivity index (χ4n) is 1.52. The molecule has 0 aliphatic rings. The van der Waals surface area contributed by atoms with Crippen molar-refractivity contribution in [1.82, 2.24) is 4.98 Å². The van der Waals surface area contributed by atoms with Crippen LogP contribution >= 0.6 is 0 Å². The predicted octanol–water partition coefficient (Wildman–Crippen LogP) is 2.51. The van der Waals surface area contributed by atoms with Crippen molar-refractivity contribution >= 4 is 11.6 Å². The van der Waals surface area contributed by atoms with Gasteiger partial charge in [-0.3, -0.25) is 9.78 Å². The summed E-state index contributed by atoms with van der Waals surface area (Å²) in [6.07, 6.45) is 1.60. The Balaban J connectivity index is 2.14. The fourth-order valence-corrected chi connectivity index (χ4v) is 1.52. The average molecular weight is 237 g/mol. The van der Waals surface area contributed by atoms with E-state index in [0.29, 0.717) is 16.8 Å². The smallest absolute Gasteiger partial charge is 0.255 e. The minimum absolute atomic E-state index is 0.190. The third kappa shape index (κ3) is 2.71. The molecule has 0 bridgehead atoms. The lowest BCUT2D eigenvalue weighted by Gasteiger charge is -2.05. The van der Waals surface area contributed by atoms with Gasteiger partial charge in [0.05, 0.1) is 11.6 Å². The van der Waals surface area contributed by atoms with Crippen molar-refractivity contribution in [2.45, 2.75) is 6.92 Å². The van der Waals surface area contributed by atoms with Crippen molar-refractivity contribution in [2.24, 2.45) is 0 Å². The van der Waals surface area contributed by atoms with E-state index >= 15 is 0 Å². The second-order valence-corrected chi connectivity index (χ2v) is 3.83. The number of benzene rings is 1. The highest BCUT2D eigenvalue weighted by Gasteiger charge is 2.06. The van der Waals surface area contributed by atoms with E-state index in [0.717, 1.165) is 5.69 Å². The molecule has 0 spiro atoms. The number of carbonyl (C=O) groups is 1. The molecule has 2 rings (SSSR count). The Morgan fingerprint density at radius 3 is 2.61 bits per heavy atom. The van der Waals surface area contributed by atoms with Crippen molar-refractivity contribution < 1.29 is 4.79 Å². The number of anilines is 1. The molecule has 88 valence electrons. The van der Waals surface area contributed by atoms with Gasteiger partial charge in [-0.2, -0.15) is 5.26 Å². The summed E-state index contributed by atoms with van der Waals surface area (Å²) in [5.74, 6) is -0.190. The van der Waals surface area contributed by atoms with Crippen LogP contribution < -0.4 is 5.32 Å². The molecule has 1 aromatic heterocycles. The van der Waals surface area contributed by atoms with Crippen LogP contribution in [0.1, 0.15) is 21.6 Å². The summed E-state index contributed by atoms with van der Waals surface area (Å²) in [4.78, 5) is 16.0. The molecule has 0 saturated heterocycles. The molecule has 0 fully saturated rings. The number of pyridine rings is 1. The van der Waals surface area contributed by atoms with E-state index in [1.165, 1.54) is 0 Å². The Kier molecular flexibility index (Phi) is 3.35. The molecule has 18 heavy (non-hydrogen) atoms. The Bertz CT molecular complexity index is 612. The van der Waals surface area contributed by atoms with Crippen LogP contribution in [0.2, 0.25) is 0 Å². The zero-order chi connectivity index (χ0) is 13.0. The normalized spacial score (nSPS) is 9.56. The molecular weight excluding hydrogens is 226 g/mol. The molecule has 0 aliphatic heterocycles. The van der Waals surface area contributed by atoms with Crippen molar-refractivity contribution in [1.29, 1.82) is 5.26 Å². The number of rotatable bonds is 2. The van der Waals surface area contributed by atoms with Gasteiger partial charge in [-0.05, 0) is 43.3 Å². The van der Waals surface area contributed by atoms with Gasteiger partial charge in [0.25, 0.3) is 5.91 Å².